The van der Waals surface area contributed by atoms with Crippen LogP contribution in [-0.4, -0.2) is 38.8 Å². The summed E-state index contributed by atoms with van der Waals surface area (Å²) < 4.78 is 50.9. The zero-order valence-corrected chi connectivity index (χ0v) is 16.8. The van der Waals surface area contributed by atoms with Crippen LogP contribution in [0.1, 0.15) is 18.9 Å². The number of methoxy groups -OCH3 is 1. The van der Waals surface area contributed by atoms with Crippen LogP contribution in [0.5, 0.6) is 5.75 Å². The third-order valence-corrected chi connectivity index (χ3v) is 5.65. The van der Waals surface area contributed by atoms with Crippen molar-refractivity contribution < 1.29 is 27.4 Å². The first kappa shape index (κ1) is 20.4. The summed E-state index contributed by atoms with van der Waals surface area (Å²) in [5.74, 6) is -0.216. The lowest BCUT2D eigenvalue weighted by Gasteiger charge is -2.39. The minimum Gasteiger partial charge on any atom is -0.489 e. The molecule has 2 aromatic carbocycles. The second kappa shape index (κ2) is 7.74. The molecule has 0 aliphatic carbocycles. The molecule has 0 saturated carbocycles. The van der Waals surface area contributed by atoms with Gasteiger partial charge in [0, 0.05) is 24.3 Å². The van der Waals surface area contributed by atoms with E-state index in [9.17, 15) is 18.0 Å². The number of nitrogens with zero attached hydrogens (tertiary/aromatic N) is 1. The van der Waals surface area contributed by atoms with Crippen molar-refractivity contribution in [2.45, 2.75) is 25.6 Å². The van der Waals surface area contributed by atoms with Gasteiger partial charge in [0.25, 0.3) is 0 Å². The van der Waals surface area contributed by atoms with Gasteiger partial charge < -0.3 is 19.7 Å². The van der Waals surface area contributed by atoms with Gasteiger partial charge in [-0.2, -0.15) is 13.2 Å². The predicted molar refractivity (Wildman–Crippen MR) is 108 cm³/mol. The maximum absolute atomic E-state index is 13.5. The fraction of sp³-hybridized carbons (Fsp3) is 0.409. The van der Waals surface area contributed by atoms with Gasteiger partial charge in [-0.25, -0.2) is 0 Å². The normalized spacial score (nSPS) is 18.7. The second-order valence-corrected chi connectivity index (χ2v) is 7.63. The van der Waals surface area contributed by atoms with E-state index >= 15 is 0 Å². The molecule has 0 bridgehead atoms. The van der Waals surface area contributed by atoms with Gasteiger partial charge in [0.1, 0.15) is 12.4 Å². The molecule has 160 valence electrons. The molecule has 0 aromatic heterocycles. The number of ether oxygens (including phenoxy) is 2. The van der Waals surface area contributed by atoms with Crippen LogP contribution < -0.4 is 15.0 Å². The Bertz CT molecular complexity index is 955. The minimum absolute atomic E-state index is 0.0346. The lowest BCUT2D eigenvalue weighted by Crippen LogP contribution is -2.50. The Morgan fingerprint density at radius 3 is 2.70 bits per heavy atom. The van der Waals surface area contributed by atoms with E-state index in [0.29, 0.717) is 36.5 Å². The van der Waals surface area contributed by atoms with Gasteiger partial charge in [0.05, 0.1) is 30.3 Å². The lowest BCUT2D eigenvalue weighted by atomic mass is 9.95. The standard InChI is InChI=1S/C22H23F3N2O3/c1-3-16-12-30-19-9-15(22(23,24)25)8-18(20(19)26-16)13-5-4-6-17(7-13)27-10-14(11-27)21(28)29-2/h4-9,14,16,26H,3,10-12H2,1-2H3. The molecular formula is C22H23F3N2O3. The summed E-state index contributed by atoms with van der Waals surface area (Å²) in [4.78, 5) is 13.6. The number of nitrogens with one attached hydrogen (secondary N) is 1. The van der Waals surface area contributed by atoms with E-state index in [4.69, 9.17) is 9.47 Å². The van der Waals surface area contributed by atoms with E-state index in [2.05, 4.69) is 5.32 Å². The highest BCUT2D eigenvalue weighted by Crippen LogP contribution is 2.44. The molecule has 1 saturated heterocycles. The van der Waals surface area contributed by atoms with Gasteiger partial charge in [-0.1, -0.05) is 19.1 Å². The van der Waals surface area contributed by atoms with E-state index in [0.717, 1.165) is 18.2 Å². The molecule has 2 aliphatic rings. The first-order valence-corrected chi connectivity index (χ1v) is 9.88. The minimum atomic E-state index is -4.47. The maximum Gasteiger partial charge on any atom is 0.416 e. The van der Waals surface area contributed by atoms with Crippen LogP contribution in [0.4, 0.5) is 24.5 Å². The number of hydrogen-bond donors (Lipinski definition) is 1. The third-order valence-electron chi connectivity index (χ3n) is 5.65. The molecule has 1 fully saturated rings. The molecule has 4 rings (SSSR count). The average Bonchev–Trinajstić information content (AvgIpc) is 2.70. The Morgan fingerprint density at radius 1 is 1.27 bits per heavy atom. The first-order chi connectivity index (χ1) is 14.3. The number of carbonyl (C=O) groups is 1. The van der Waals surface area contributed by atoms with Gasteiger partial charge in [-0.3, -0.25) is 4.79 Å². The Labute approximate surface area is 172 Å². The fourth-order valence-corrected chi connectivity index (χ4v) is 3.80. The van der Waals surface area contributed by atoms with Crippen LogP contribution in [0.25, 0.3) is 11.1 Å². The van der Waals surface area contributed by atoms with E-state index in [1.54, 1.807) is 6.07 Å². The van der Waals surface area contributed by atoms with E-state index in [-0.39, 0.29) is 23.7 Å². The lowest BCUT2D eigenvalue weighted by molar-refractivity contribution is -0.146. The van der Waals surface area contributed by atoms with E-state index in [1.807, 2.05) is 30.0 Å². The second-order valence-electron chi connectivity index (χ2n) is 7.63. The van der Waals surface area contributed by atoms with Gasteiger partial charge in [-0.15, -0.1) is 0 Å². The number of anilines is 2. The summed E-state index contributed by atoms with van der Waals surface area (Å²) in [5.41, 5.74) is 1.79. The number of alkyl halides is 3. The van der Waals surface area contributed by atoms with Crippen LogP contribution >= 0.6 is 0 Å². The molecule has 8 heteroatoms. The summed E-state index contributed by atoms with van der Waals surface area (Å²) >= 11 is 0. The molecule has 1 N–H and O–H groups in total. The van der Waals surface area contributed by atoms with Crippen molar-refractivity contribution in [3.05, 3.63) is 42.0 Å². The largest absolute Gasteiger partial charge is 0.489 e. The van der Waals surface area contributed by atoms with Crippen LogP contribution in [0.2, 0.25) is 0 Å². The van der Waals surface area contributed by atoms with Crippen molar-refractivity contribution in [3.63, 3.8) is 0 Å². The third kappa shape index (κ3) is 3.78. The molecule has 0 radical (unpaired) electrons. The van der Waals surface area contributed by atoms with Crippen molar-refractivity contribution in [1.82, 2.24) is 0 Å². The Hall–Kier alpha value is -2.90. The topological polar surface area (TPSA) is 50.8 Å². The number of esters is 1. The van der Waals surface area contributed by atoms with Crippen LogP contribution in [0, 0.1) is 5.92 Å². The monoisotopic (exact) mass is 420 g/mol. The number of hydrogen-bond acceptors (Lipinski definition) is 5. The number of benzene rings is 2. The van der Waals surface area contributed by atoms with Gasteiger partial charge >= 0.3 is 12.1 Å². The van der Waals surface area contributed by atoms with Gasteiger partial charge in [-0.05, 0) is 36.2 Å². The molecule has 30 heavy (non-hydrogen) atoms. The van der Waals surface area contributed by atoms with Crippen LogP contribution in [0.15, 0.2) is 36.4 Å². The molecule has 1 unspecified atom stereocenters. The zero-order chi connectivity index (χ0) is 21.5. The summed E-state index contributed by atoms with van der Waals surface area (Å²) in [6.45, 7) is 3.37. The molecule has 2 aromatic rings. The number of carbonyl (C=O) groups excluding carboxylic acids is 1. The molecule has 2 aliphatic heterocycles. The van der Waals surface area contributed by atoms with Crippen molar-refractivity contribution in [2.24, 2.45) is 5.92 Å². The Kier molecular flexibility index (Phi) is 5.26. The molecular weight excluding hydrogens is 397 g/mol. The molecule has 0 spiro atoms. The van der Waals surface area contributed by atoms with Crippen molar-refractivity contribution >= 4 is 17.3 Å². The highest BCUT2D eigenvalue weighted by atomic mass is 19.4. The van der Waals surface area contributed by atoms with Crippen molar-refractivity contribution in [1.29, 1.82) is 0 Å². The highest BCUT2D eigenvalue weighted by molar-refractivity contribution is 5.85. The zero-order valence-electron chi connectivity index (χ0n) is 16.8. The first-order valence-electron chi connectivity index (χ1n) is 9.88. The van der Waals surface area contributed by atoms with E-state index in [1.165, 1.54) is 13.2 Å². The quantitative estimate of drug-likeness (QED) is 0.735. The fourth-order valence-electron chi connectivity index (χ4n) is 3.80. The Balaban J connectivity index is 1.70. The summed E-state index contributed by atoms with van der Waals surface area (Å²) in [6, 6.07) is 9.58. The van der Waals surface area contributed by atoms with Crippen molar-refractivity contribution in [3.8, 4) is 16.9 Å². The number of fused-ring (bicyclic) bond motifs is 1. The molecule has 2 heterocycles. The predicted octanol–water partition coefficient (Wildman–Crippen LogP) is 4.56. The SMILES string of the molecule is CCC1COc2cc(C(F)(F)F)cc(-c3cccc(N4CC(C(=O)OC)C4)c3)c2N1. The summed E-state index contributed by atoms with van der Waals surface area (Å²) in [7, 11) is 1.36. The van der Waals surface area contributed by atoms with Crippen LogP contribution in [0.3, 0.4) is 0 Å². The van der Waals surface area contributed by atoms with Gasteiger partial charge in [0.2, 0.25) is 0 Å². The molecule has 1 atom stereocenters. The van der Waals surface area contributed by atoms with Crippen LogP contribution in [-0.2, 0) is 15.7 Å². The molecule has 5 nitrogen and oxygen atoms in total. The highest BCUT2D eigenvalue weighted by Gasteiger charge is 2.35. The maximum atomic E-state index is 13.5. The smallest absolute Gasteiger partial charge is 0.416 e. The van der Waals surface area contributed by atoms with Crippen molar-refractivity contribution in [2.75, 3.05) is 37.0 Å². The molecule has 0 amide bonds. The number of halogens is 3. The summed E-state index contributed by atoms with van der Waals surface area (Å²) in [5, 5.41) is 3.33. The Morgan fingerprint density at radius 2 is 2.03 bits per heavy atom. The summed E-state index contributed by atoms with van der Waals surface area (Å²) in [6.07, 6.45) is -3.68. The number of rotatable bonds is 4. The van der Waals surface area contributed by atoms with Gasteiger partial charge in [0.15, 0.2) is 0 Å². The average molecular weight is 420 g/mol. The van der Waals surface area contributed by atoms with E-state index < -0.39 is 11.7 Å².